The van der Waals surface area contributed by atoms with Crippen molar-refractivity contribution in [1.82, 2.24) is 4.98 Å². The summed E-state index contributed by atoms with van der Waals surface area (Å²) in [6.45, 7) is 34.1. The molecule has 1 aliphatic rings. The Hall–Kier alpha value is -7.33. The molecule has 0 aliphatic heterocycles. The van der Waals surface area contributed by atoms with Crippen LogP contribution in [0.5, 0.6) is 0 Å². The Balaban J connectivity index is 1.33. The monoisotopic (exact) mass is 1020 g/mol. The molecular formula is C68H72N4OSi2. The fourth-order valence-electron chi connectivity index (χ4n) is 11.1. The van der Waals surface area contributed by atoms with Crippen LogP contribution in [-0.2, 0) is 16.2 Å². The van der Waals surface area contributed by atoms with Crippen molar-refractivity contribution in [3.8, 4) is 11.1 Å². The van der Waals surface area contributed by atoms with Crippen LogP contribution in [0.25, 0.3) is 28.2 Å². The molecule has 0 amide bonds. The first-order valence-electron chi connectivity index (χ1n) is 26.5. The molecule has 0 unspecified atom stereocenters. The van der Waals surface area contributed by atoms with Gasteiger partial charge in [0.1, 0.15) is 11.4 Å². The molecule has 75 heavy (non-hydrogen) atoms. The summed E-state index contributed by atoms with van der Waals surface area (Å²) < 4.78 is 7.22. The predicted octanol–water partition coefficient (Wildman–Crippen LogP) is 18.2. The number of pyridine rings is 1. The van der Waals surface area contributed by atoms with Crippen LogP contribution >= 0.6 is 0 Å². The number of hydrogen-bond donors (Lipinski definition) is 0. The molecule has 0 saturated carbocycles. The van der Waals surface area contributed by atoms with Gasteiger partial charge >= 0.3 is 0 Å². The lowest BCUT2D eigenvalue weighted by Crippen LogP contribution is -2.37. The van der Waals surface area contributed by atoms with Gasteiger partial charge in [0, 0.05) is 40.1 Å². The standard InChI is InChI=1S/C68H72N4OSi2/c1-15-22-57-63-60(72(52-34-39-55(40-35-52)75(12,13)14)61-42-29-49(45-70-61)67(5,6)7)44-59-62(64(63)73-65(57)69-8)56-41-36-53(43-58(56)68(59,47-23-18-16-19-24-47)48-25-20-17-21-26-48)71(50-30-27-46(28-31-50)66(2,3)4)51-32-37-54(38-33-51)74(9,10)11/h15-45H,8H2,1-7,9-14H3/b22-15-. The van der Waals surface area contributed by atoms with Gasteiger partial charge < -0.3 is 9.32 Å². The van der Waals surface area contributed by atoms with Gasteiger partial charge in [-0.15, -0.1) is 0 Å². The Kier molecular flexibility index (Phi) is 13.0. The van der Waals surface area contributed by atoms with E-state index in [1.807, 2.05) is 13.1 Å². The summed E-state index contributed by atoms with van der Waals surface area (Å²) in [5, 5.41) is 3.76. The highest BCUT2D eigenvalue weighted by Gasteiger charge is 2.49. The van der Waals surface area contributed by atoms with E-state index in [2.05, 4.69) is 284 Å². The van der Waals surface area contributed by atoms with E-state index in [4.69, 9.17) is 9.40 Å². The first-order chi connectivity index (χ1) is 35.6. The van der Waals surface area contributed by atoms with Gasteiger partial charge in [-0.1, -0.05) is 213 Å². The summed E-state index contributed by atoms with van der Waals surface area (Å²) >= 11 is 0. The maximum Gasteiger partial charge on any atom is 0.226 e. The maximum absolute atomic E-state index is 7.22. The Labute approximate surface area is 448 Å². The van der Waals surface area contributed by atoms with Crippen molar-refractivity contribution in [2.24, 2.45) is 4.99 Å². The topological polar surface area (TPSA) is 44.9 Å². The second kappa shape index (κ2) is 19.1. The SMILES string of the molecule is C=Nc1oc2c3c(cc(N(c4ccc([Si](C)(C)C)cc4)c4ccc(C(C)(C)C)cn4)c2c1/C=C\C)C(c1ccccc1)(c1ccccc1)c1cc(N(c2ccc(C(C)(C)C)cc2)c2ccc([Si](C)(C)C)cc2)ccc1-3. The molecule has 2 aromatic heterocycles. The van der Waals surface area contributed by atoms with E-state index >= 15 is 0 Å². The molecule has 378 valence electrons. The first-order valence-corrected chi connectivity index (χ1v) is 33.5. The third-order valence-corrected chi connectivity index (χ3v) is 19.4. The molecular weight excluding hydrogens is 945 g/mol. The summed E-state index contributed by atoms with van der Waals surface area (Å²) in [5.74, 6) is 1.28. The van der Waals surface area contributed by atoms with Gasteiger partial charge in [-0.25, -0.2) is 9.98 Å². The lowest BCUT2D eigenvalue weighted by atomic mass is 9.67. The van der Waals surface area contributed by atoms with Crippen molar-refractivity contribution in [2.45, 2.75) is 104 Å². The molecule has 0 atom stereocenters. The lowest BCUT2D eigenvalue weighted by molar-refractivity contribution is 0.587. The molecule has 10 rings (SSSR count). The van der Waals surface area contributed by atoms with E-state index < -0.39 is 21.6 Å². The Morgan fingerprint density at radius 1 is 0.560 bits per heavy atom. The van der Waals surface area contributed by atoms with Crippen LogP contribution in [0.4, 0.5) is 40.1 Å². The summed E-state index contributed by atoms with van der Waals surface area (Å²) in [7, 11) is -3.22. The zero-order valence-electron chi connectivity index (χ0n) is 46.3. The molecule has 5 nitrogen and oxygen atoms in total. The van der Waals surface area contributed by atoms with Gasteiger partial charge in [0.25, 0.3) is 0 Å². The van der Waals surface area contributed by atoms with Crippen molar-refractivity contribution >= 4 is 90.4 Å². The van der Waals surface area contributed by atoms with Crippen LogP contribution < -0.4 is 20.2 Å². The number of anilines is 6. The smallest absolute Gasteiger partial charge is 0.226 e. The maximum atomic E-state index is 7.22. The number of benzene rings is 7. The van der Waals surface area contributed by atoms with Gasteiger partial charge in [0.15, 0.2) is 0 Å². The van der Waals surface area contributed by atoms with Crippen LogP contribution in [0.3, 0.4) is 0 Å². The van der Waals surface area contributed by atoms with Crippen molar-refractivity contribution < 1.29 is 4.42 Å². The molecule has 7 aromatic carbocycles. The summed E-state index contributed by atoms with van der Waals surface area (Å²) in [6.07, 6.45) is 6.22. The molecule has 2 heterocycles. The average molecular weight is 1020 g/mol. The number of allylic oxidation sites excluding steroid dienone is 1. The van der Waals surface area contributed by atoms with Crippen molar-refractivity contribution in [1.29, 1.82) is 0 Å². The minimum atomic E-state index is -1.64. The molecule has 0 spiro atoms. The van der Waals surface area contributed by atoms with Crippen molar-refractivity contribution in [3.63, 3.8) is 0 Å². The Bertz CT molecular complexity index is 3420. The van der Waals surface area contributed by atoms with Crippen LogP contribution in [0, 0.1) is 0 Å². The van der Waals surface area contributed by atoms with E-state index in [0.29, 0.717) is 5.88 Å². The molecule has 0 saturated heterocycles. The highest BCUT2D eigenvalue weighted by Crippen LogP contribution is 2.62. The molecule has 0 fully saturated rings. The second-order valence-electron chi connectivity index (χ2n) is 24.4. The second-order valence-corrected chi connectivity index (χ2v) is 34.6. The minimum absolute atomic E-state index is 0.00935. The number of nitrogens with zero attached hydrogens (tertiary/aromatic N) is 4. The number of furan rings is 1. The summed E-state index contributed by atoms with van der Waals surface area (Å²) in [6, 6.07) is 63.7. The predicted molar refractivity (Wildman–Crippen MR) is 328 cm³/mol. The zero-order valence-corrected chi connectivity index (χ0v) is 48.3. The van der Waals surface area contributed by atoms with Crippen LogP contribution in [-0.4, -0.2) is 27.8 Å². The highest BCUT2D eigenvalue weighted by molar-refractivity contribution is 6.89. The third-order valence-electron chi connectivity index (χ3n) is 15.2. The summed E-state index contributed by atoms with van der Waals surface area (Å²) in [4.78, 5) is 14.7. The van der Waals surface area contributed by atoms with E-state index in [0.717, 1.165) is 84.2 Å². The normalized spacial score (nSPS) is 13.5. The largest absolute Gasteiger partial charge is 0.437 e. The fourth-order valence-corrected chi connectivity index (χ4v) is 13.4. The molecule has 9 aromatic rings. The molecule has 0 bridgehead atoms. The zero-order chi connectivity index (χ0) is 53.2. The van der Waals surface area contributed by atoms with Gasteiger partial charge in [-0.05, 0) is 124 Å². The molecule has 0 radical (unpaired) electrons. The van der Waals surface area contributed by atoms with Gasteiger partial charge in [-0.3, -0.25) is 4.90 Å². The lowest BCUT2D eigenvalue weighted by Gasteiger charge is -2.36. The van der Waals surface area contributed by atoms with Gasteiger partial charge in [0.2, 0.25) is 5.88 Å². The van der Waals surface area contributed by atoms with E-state index in [1.165, 1.54) is 21.5 Å². The van der Waals surface area contributed by atoms with Crippen LogP contribution in [0.15, 0.2) is 192 Å². The number of aromatic nitrogens is 1. The van der Waals surface area contributed by atoms with Crippen LogP contribution in [0.1, 0.15) is 87.4 Å². The van der Waals surface area contributed by atoms with Crippen molar-refractivity contribution in [3.05, 3.63) is 221 Å². The molecule has 1 aliphatic carbocycles. The van der Waals surface area contributed by atoms with E-state index in [9.17, 15) is 0 Å². The Morgan fingerprint density at radius 3 is 1.52 bits per heavy atom. The van der Waals surface area contributed by atoms with E-state index in [-0.39, 0.29) is 10.8 Å². The number of hydrogen-bond acceptors (Lipinski definition) is 5. The van der Waals surface area contributed by atoms with Gasteiger partial charge in [-0.2, -0.15) is 0 Å². The number of rotatable bonds is 12. The van der Waals surface area contributed by atoms with Crippen LogP contribution in [0.2, 0.25) is 39.3 Å². The van der Waals surface area contributed by atoms with Crippen molar-refractivity contribution in [2.75, 3.05) is 9.80 Å². The fraction of sp³-hybridized carbons (Fsp3) is 0.235. The first kappa shape index (κ1) is 51.2. The number of aliphatic imine (C=N–C) groups is 1. The van der Waals surface area contributed by atoms with Gasteiger partial charge in [0.05, 0.1) is 32.6 Å². The minimum Gasteiger partial charge on any atom is -0.437 e. The van der Waals surface area contributed by atoms with E-state index in [1.54, 1.807) is 0 Å². The quantitative estimate of drug-likeness (QED) is 0.0904. The Morgan fingerprint density at radius 2 is 1.05 bits per heavy atom. The number of fused-ring (bicyclic) bond motifs is 5. The summed E-state index contributed by atoms with van der Waals surface area (Å²) in [5.41, 5.74) is 15.1. The molecule has 7 heteroatoms. The molecule has 0 N–H and O–H groups in total. The highest BCUT2D eigenvalue weighted by atomic mass is 28.3. The average Bonchev–Trinajstić information content (AvgIpc) is 3.90. The third kappa shape index (κ3) is 9.14.